The smallest absolute Gasteiger partial charge is 0.320 e. The maximum Gasteiger partial charge on any atom is 0.320 e. The number of aromatic carboxylic acids is 1. The summed E-state index contributed by atoms with van der Waals surface area (Å²) in [6.45, 7) is 8.37. The Labute approximate surface area is 187 Å². The molecule has 2 heterocycles. The molecular formula is C24H27N4O4-. The fourth-order valence-electron chi connectivity index (χ4n) is 4.42. The summed E-state index contributed by atoms with van der Waals surface area (Å²) in [6.07, 6.45) is 1.70. The molecule has 32 heavy (non-hydrogen) atoms. The number of hydrogen-bond donors (Lipinski definition) is 0. The Morgan fingerprint density at radius 2 is 1.81 bits per heavy atom. The van der Waals surface area contributed by atoms with E-state index in [0.29, 0.717) is 18.7 Å². The number of benzene rings is 2. The molecule has 0 aliphatic carbocycles. The minimum atomic E-state index is -1.21. The van der Waals surface area contributed by atoms with Crippen LogP contribution in [0.3, 0.4) is 0 Å². The summed E-state index contributed by atoms with van der Waals surface area (Å²) in [6, 6.07) is 13.4. The first-order chi connectivity index (χ1) is 15.4. The molecule has 1 aromatic heterocycles. The van der Waals surface area contributed by atoms with Crippen LogP contribution in [0.5, 0.6) is 0 Å². The lowest BCUT2D eigenvalue weighted by Crippen LogP contribution is -2.58. The van der Waals surface area contributed by atoms with E-state index in [1.807, 2.05) is 23.6 Å². The molecule has 0 N–H and O–H groups in total. The molecule has 0 bridgehead atoms. The van der Waals surface area contributed by atoms with Crippen molar-refractivity contribution in [3.05, 3.63) is 54.4 Å². The Kier molecular flexibility index (Phi) is 6.14. The highest BCUT2D eigenvalue weighted by Gasteiger charge is 2.31. The molecule has 0 saturated carbocycles. The second kappa shape index (κ2) is 9.00. The minimum Gasteiger partial charge on any atom is -0.545 e. The van der Waals surface area contributed by atoms with Gasteiger partial charge in [0.2, 0.25) is 0 Å². The fourth-order valence-corrected chi connectivity index (χ4v) is 4.42. The van der Waals surface area contributed by atoms with Gasteiger partial charge in [-0.3, -0.25) is 14.3 Å². The van der Waals surface area contributed by atoms with Crippen LogP contribution in [0.25, 0.3) is 16.7 Å². The van der Waals surface area contributed by atoms with Gasteiger partial charge in [-0.1, -0.05) is 12.1 Å². The van der Waals surface area contributed by atoms with E-state index in [1.54, 1.807) is 12.4 Å². The Balaban J connectivity index is 1.56. The van der Waals surface area contributed by atoms with Crippen molar-refractivity contribution in [2.45, 2.75) is 32.9 Å². The van der Waals surface area contributed by atoms with Gasteiger partial charge in [0.15, 0.2) is 0 Å². The van der Waals surface area contributed by atoms with E-state index in [1.165, 1.54) is 12.1 Å². The van der Waals surface area contributed by atoms with Gasteiger partial charge in [-0.25, -0.2) is 4.98 Å². The molecule has 168 valence electrons. The van der Waals surface area contributed by atoms with Crippen molar-refractivity contribution in [2.75, 3.05) is 31.1 Å². The van der Waals surface area contributed by atoms with Crippen LogP contribution in [0.2, 0.25) is 0 Å². The van der Waals surface area contributed by atoms with Gasteiger partial charge in [-0.2, -0.15) is 0 Å². The maximum absolute atomic E-state index is 12.0. The predicted molar refractivity (Wildman–Crippen MR) is 120 cm³/mol. The largest absolute Gasteiger partial charge is 0.545 e. The van der Waals surface area contributed by atoms with Crippen molar-refractivity contribution in [3.63, 3.8) is 0 Å². The first kappa shape index (κ1) is 21.8. The molecule has 0 amide bonds. The van der Waals surface area contributed by atoms with Crippen molar-refractivity contribution in [1.82, 2.24) is 14.5 Å². The van der Waals surface area contributed by atoms with E-state index in [4.69, 9.17) is 4.74 Å². The highest BCUT2D eigenvalue weighted by Crippen LogP contribution is 2.26. The molecule has 2 aromatic carbocycles. The third-order valence-electron chi connectivity index (χ3n) is 5.97. The lowest BCUT2D eigenvalue weighted by atomic mass is 10.1. The first-order valence-corrected chi connectivity index (χ1v) is 10.8. The van der Waals surface area contributed by atoms with Gasteiger partial charge in [0.1, 0.15) is 6.33 Å². The molecule has 0 spiro atoms. The van der Waals surface area contributed by atoms with E-state index in [9.17, 15) is 14.7 Å². The number of anilines is 1. The van der Waals surface area contributed by atoms with E-state index in [-0.39, 0.29) is 23.6 Å². The standard InChI is InChI=1S/C24H28N4O4/c1-4-32-23(29)14-27-16(2)12-26(13-17(27)3)19-6-5-7-20(11-19)28-15-25-21-10-18(24(30)31)8-9-22(21)28/h5-11,15-17H,4,12-14H2,1-3H3,(H,30,31)/p-1. The fraction of sp³-hybridized carbons (Fsp3) is 0.375. The van der Waals surface area contributed by atoms with Gasteiger partial charge >= 0.3 is 5.97 Å². The van der Waals surface area contributed by atoms with Crippen LogP contribution in [-0.4, -0.2) is 64.7 Å². The Morgan fingerprint density at radius 1 is 1.09 bits per heavy atom. The average molecular weight is 436 g/mol. The first-order valence-electron chi connectivity index (χ1n) is 10.8. The van der Waals surface area contributed by atoms with Crippen molar-refractivity contribution >= 4 is 28.7 Å². The van der Waals surface area contributed by atoms with Crippen LogP contribution >= 0.6 is 0 Å². The van der Waals surface area contributed by atoms with Crippen molar-refractivity contribution in [2.24, 2.45) is 0 Å². The zero-order valence-electron chi connectivity index (χ0n) is 18.5. The van der Waals surface area contributed by atoms with Gasteiger partial charge in [0.25, 0.3) is 0 Å². The summed E-state index contributed by atoms with van der Waals surface area (Å²) >= 11 is 0. The number of fused-ring (bicyclic) bond motifs is 1. The number of esters is 1. The second-order valence-electron chi connectivity index (χ2n) is 8.21. The molecule has 4 rings (SSSR count). The number of carboxylic acid groups (broad SMARTS) is 1. The van der Waals surface area contributed by atoms with Crippen molar-refractivity contribution in [3.8, 4) is 5.69 Å². The van der Waals surface area contributed by atoms with E-state index in [0.717, 1.165) is 30.0 Å². The zero-order chi connectivity index (χ0) is 22.8. The van der Waals surface area contributed by atoms with Gasteiger partial charge < -0.3 is 19.5 Å². The Bertz CT molecular complexity index is 1130. The number of carbonyl (C=O) groups is 2. The molecule has 8 heteroatoms. The monoisotopic (exact) mass is 435 g/mol. The van der Waals surface area contributed by atoms with Crippen molar-refractivity contribution in [1.29, 1.82) is 0 Å². The molecule has 1 fully saturated rings. The molecule has 8 nitrogen and oxygen atoms in total. The number of imidazole rings is 1. The quantitative estimate of drug-likeness (QED) is 0.546. The zero-order valence-corrected chi connectivity index (χ0v) is 18.5. The van der Waals surface area contributed by atoms with Gasteiger partial charge in [0, 0.05) is 36.5 Å². The SMILES string of the molecule is CCOC(=O)CN1C(C)CN(c2cccc(-n3cnc4cc(C(=O)[O-])ccc43)c2)CC1C. The normalized spacial score (nSPS) is 19.3. The second-order valence-corrected chi connectivity index (χ2v) is 8.21. The maximum atomic E-state index is 12.0. The number of aromatic nitrogens is 2. The number of ether oxygens (including phenoxy) is 1. The highest BCUT2D eigenvalue weighted by atomic mass is 16.5. The Morgan fingerprint density at radius 3 is 2.50 bits per heavy atom. The Hall–Kier alpha value is -3.39. The third-order valence-corrected chi connectivity index (χ3v) is 5.97. The number of piperazine rings is 1. The lowest BCUT2D eigenvalue weighted by Gasteiger charge is -2.45. The van der Waals surface area contributed by atoms with Crippen LogP contribution < -0.4 is 10.0 Å². The topological polar surface area (TPSA) is 90.7 Å². The number of carboxylic acids is 1. The number of hydrogen-bond acceptors (Lipinski definition) is 7. The average Bonchev–Trinajstić information content (AvgIpc) is 3.19. The third kappa shape index (κ3) is 4.31. The molecule has 1 aliphatic heterocycles. The van der Waals surface area contributed by atoms with E-state index >= 15 is 0 Å². The van der Waals surface area contributed by atoms with Crippen LogP contribution in [-0.2, 0) is 9.53 Å². The van der Waals surface area contributed by atoms with E-state index in [2.05, 4.69) is 40.8 Å². The molecule has 1 saturated heterocycles. The molecule has 2 atom stereocenters. The van der Waals surface area contributed by atoms with Gasteiger partial charge in [-0.15, -0.1) is 0 Å². The lowest BCUT2D eigenvalue weighted by molar-refractivity contribution is -0.255. The van der Waals surface area contributed by atoms with Gasteiger partial charge in [-0.05, 0) is 56.7 Å². The van der Waals surface area contributed by atoms with Crippen molar-refractivity contribution < 1.29 is 19.4 Å². The van der Waals surface area contributed by atoms with Gasteiger partial charge in [0.05, 0.1) is 30.2 Å². The molecule has 3 aromatic rings. The molecule has 2 unspecified atom stereocenters. The molecule has 1 aliphatic rings. The van der Waals surface area contributed by atoms with Crippen LogP contribution in [0.1, 0.15) is 31.1 Å². The number of rotatable bonds is 6. The summed E-state index contributed by atoms with van der Waals surface area (Å²) in [5, 5.41) is 11.1. The predicted octanol–water partition coefficient (Wildman–Crippen LogP) is 1.85. The number of carbonyl (C=O) groups excluding carboxylic acids is 2. The van der Waals surface area contributed by atoms with Crippen LogP contribution in [0.15, 0.2) is 48.8 Å². The number of nitrogens with zero attached hydrogens (tertiary/aromatic N) is 4. The summed E-state index contributed by atoms with van der Waals surface area (Å²) < 4.78 is 7.07. The van der Waals surface area contributed by atoms with Crippen LogP contribution in [0, 0.1) is 0 Å². The molecular weight excluding hydrogens is 408 g/mol. The van der Waals surface area contributed by atoms with E-state index < -0.39 is 5.97 Å². The molecule has 0 radical (unpaired) electrons. The summed E-state index contributed by atoms with van der Waals surface area (Å²) in [5.74, 6) is -1.40. The summed E-state index contributed by atoms with van der Waals surface area (Å²) in [7, 11) is 0. The minimum absolute atomic E-state index is 0.111. The highest BCUT2D eigenvalue weighted by molar-refractivity contribution is 5.91. The summed E-state index contributed by atoms with van der Waals surface area (Å²) in [4.78, 5) is 32.0. The van der Waals surface area contributed by atoms with Crippen LogP contribution in [0.4, 0.5) is 5.69 Å². The summed E-state index contributed by atoms with van der Waals surface area (Å²) in [5.41, 5.74) is 3.57.